The first-order chi connectivity index (χ1) is 6.16. The Kier molecular flexibility index (Phi) is 2.79. The molecule has 0 amide bonds. The number of ketones is 1. The summed E-state index contributed by atoms with van der Waals surface area (Å²) in [5.74, 6) is -0.202. The lowest BCUT2D eigenvalue weighted by molar-refractivity contribution is -0.385. The van der Waals surface area contributed by atoms with Crippen LogP contribution in [0.3, 0.4) is 0 Å². The summed E-state index contributed by atoms with van der Waals surface area (Å²) in [5, 5.41) is 10.5. The molecular formula is C8H8BNO3. The Hall–Kier alpha value is -1.65. The molecule has 0 saturated carbocycles. The molecule has 0 spiro atoms. The van der Waals surface area contributed by atoms with Crippen LogP contribution in [0.4, 0.5) is 5.69 Å². The molecule has 0 heterocycles. The van der Waals surface area contributed by atoms with E-state index in [1.54, 1.807) is 20.0 Å². The summed E-state index contributed by atoms with van der Waals surface area (Å²) in [6.07, 6.45) is 0.283. The molecule has 1 aromatic carbocycles. The summed E-state index contributed by atoms with van der Waals surface area (Å²) in [7, 11) is 1.68. The van der Waals surface area contributed by atoms with E-state index in [1.807, 2.05) is 0 Å². The fraction of sp³-hybridized carbons (Fsp3) is 0.125. The number of rotatable bonds is 3. The second-order valence-electron chi connectivity index (χ2n) is 2.55. The van der Waals surface area contributed by atoms with E-state index in [-0.39, 0.29) is 23.4 Å². The van der Waals surface area contributed by atoms with E-state index in [4.69, 9.17) is 0 Å². The van der Waals surface area contributed by atoms with E-state index in [0.717, 1.165) is 0 Å². The van der Waals surface area contributed by atoms with Gasteiger partial charge in [-0.25, -0.2) is 0 Å². The summed E-state index contributed by atoms with van der Waals surface area (Å²) in [5.41, 5.74) is 0.0735. The minimum Gasteiger partial charge on any atom is -0.295 e. The predicted octanol–water partition coefficient (Wildman–Crippen LogP) is 0.829. The lowest BCUT2D eigenvalue weighted by Gasteiger charge is -1.98. The molecule has 0 aliphatic carbocycles. The van der Waals surface area contributed by atoms with Crippen molar-refractivity contribution in [2.75, 3.05) is 0 Å². The molecule has 0 radical (unpaired) electrons. The zero-order chi connectivity index (χ0) is 9.84. The van der Waals surface area contributed by atoms with Crippen molar-refractivity contribution in [3.8, 4) is 0 Å². The topological polar surface area (TPSA) is 60.2 Å². The molecule has 66 valence electrons. The fourth-order valence-corrected chi connectivity index (χ4v) is 1.06. The number of hydrogen-bond acceptors (Lipinski definition) is 3. The largest absolute Gasteiger partial charge is 0.295 e. The smallest absolute Gasteiger partial charge is 0.280 e. The molecule has 4 nitrogen and oxygen atoms in total. The number of nitro benzene ring substituents is 1. The highest BCUT2D eigenvalue weighted by molar-refractivity contribution is 6.24. The SMILES string of the molecule is BCC(=O)c1ccccc1[N+](=O)[O-]. The van der Waals surface area contributed by atoms with Gasteiger partial charge in [0.1, 0.15) is 7.85 Å². The maximum Gasteiger partial charge on any atom is 0.280 e. The zero-order valence-electron chi connectivity index (χ0n) is 7.19. The molecule has 0 bridgehead atoms. The van der Waals surface area contributed by atoms with Crippen molar-refractivity contribution >= 4 is 19.3 Å². The molecule has 1 rings (SSSR count). The van der Waals surface area contributed by atoms with E-state index < -0.39 is 4.92 Å². The number of nitro groups is 1. The molecule has 13 heavy (non-hydrogen) atoms. The number of carbonyl (C=O) groups is 1. The first-order valence-corrected chi connectivity index (χ1v) is 3.93. The number of para-hydroxylation sites is 1. The van der Waals surface area contributed by atoms with Crippen molar-refractivity contribution in [3.63, 3.8) is 0 Å². The molecule has 0 saturated heterocycles. The van der Waals surface area contributed by atoms with Crippen molar-refractivity contribution in [3.05, 3.63) is 39.9 Å². The Bertz CT molecular complexity index is 351. The molecule has 0 atom stereocenters. The number of nitrogens with zero attached hydrogens (tertiary/aromatic N) is 1. The van der Waals surface area contributed by atoms with Crippen molar-refractivity contribution in [1.29, 1.82) is 0 Å². The van der Waals surface area contributed by atoms with Gasteiger partial charge in [-0.3, -0.25) is 14.9 Å². The van der Waals surface area contributed by atoms with E-state index in [9.17, 15) is 14.9 Å². The molecule has 5 heteroatoms. The number of carbonyl (C=O) groups excluding carboxylic acids is 1. The van der Waals surface area contributed by atoms with Crippen LogP contribution in [-0.2, 0) is 0 Å². The van der Waals surface area contributed by atoms with E-state index in [1.165, 1.54) is 12.1 Å². The Morgan fingerprint density at radius 1 is 1.46 bits per heavy atom. The van der Waals surface area contributed by atoms with Gasteiger partial charge in [-0.1, -0.05) is 12.1 Å². The predicted molar refractivity (Wildman–Crippen MR) is 50.8 cm³/mol. The third-order valence-corrected chi connectivity index (χ3v) is 1.72. The van der Waals surface area contributed by atoms with Crippen LogP contribution >= 0.6 is 0 Å². The lowest BCUT2D eigenvalue weighted by Crippen LogP contribution is -2.02. The maximum atomic E-state index is 11.2. The van der Waals surface area contributed by atoms with Gasteiger partial charge < -0.3 is 0 Å². The minimum atomic E-state index is -0.539. The van der Waals surface area contributed by atoms with Crippen LogP contribution in [0.2, 0.25) is 6.32 Å². The van der Waals surface area contributed by atoms with Gasteiger partial charge >= 0.3 is 0 Å². The first-order valence-electron chi connectivity index (χ1n) is 3.93. The van der Waals surface area contributed by atoms with Crippen LogP contribution in [0.5, 0.6) is 0 Å². The van der Waals surface area contributed by atoms with Gasteiger partial charge in [0, 0.05) is 6.07 Å². The van der Waals surface area contributed by atoms with Crippen LogP contribution in [0.15, 0.2) is 24.3 Å². The highest BCUT2D eigenvalue weighted by Gasteiger charge is 2.16. The first kappa shape index (κ1) is 9.44. The van der Waals surface area contributed by atoms with Crippen molar-refractivity contribution in [2.45, 2.75) is 6.32 Å². The lowest BCUT2D eigenvalue weighted by atomic mass is 9.95. The highest BCUT2D eigenvalue weighted by atomic mass is 16.6. The Balaban J connectivity index is 3.19. The molecule has 0 fully saturated rings. The molecule has 0 aliphatic rings. The third kappa shape index (κ3) is 1.93. The zero-order valence-corrected chi connectivity index (χ0v) is 7.19. The normalized spacial score (nSPS) is 9.54. The Morgan fingerprint density at radius 3 is 2.62 bits per heavy atom. The minimum absolute atomic E-state index is 0.116. The van der Waals surface area contributed by atoms with E-state index in [0.29, 0.717) is 0 Å². The van der Waals surface area contributed by atoms with Crippen molar-refractivity contribution in [2.24, 2.45) is 0 Å². The summed E-state index contributed by atoms with van der Waals surface area (Å²) in [6.45, 7) is 0. The third-order valence-electron chi connectivity index (χ3n) is 1.72. The van der Waals surface area contributed by atoms with Crippen LogP contribution in [0, 0.1) is 10.1 Å². The standard InChI is InChI=1S/C8H8BNO3/c9-5-8(11)6-3-1-2-4-7(6)10(12)13/h1-4H,5,9H2. The van der Waals surface area contributed by atoms with Gasteiger partial charge in [0.15, 0.2) is 5.78 Å². The average Bonchev–Trinajstić information content (AvgIpc) is 2.16. The van der Waals surface area contributed by atoms with Crippen LogP contribution in [0.1, 0.15) is 10.4 Å². The van der Waals surface area contributed by atoms with Gasteiger partial charge in [0.05, 0.1) is 10.5 Å². The highest BCUT2D eigenvalue weighted by Crippen LogP contribution is 2.18. The van der Waals surface area contributed by atoms with Gasteiger partial charge in [0.2, 0.25) is 0 Å². The molecule has 1 aromatic rings. The van der Waals surface area contributed by atoms with Crippen LogP contribution in [0.25, 0.3) is 0 Å². The number of hydrogen-bond donors (Lipinski definition) is 0. The molecular weight excluding hydrogens is 169 g/mol. The van der Waals surface area contributed by atoms with E-state index >= 15 is 0 Å². The second-order valence-corrected chi connectivity index (χ2v) is 2.55. The fourth-order valence-electron chi connectivity index (χ4n) is 1.06. The quantitative estimate of drug-likeness (QED) is 0.297. The monoisotopic (exact) mass is 177 g/mol. The van der Waals surface area contributed by atoms with Crippen molar-refractivity contribution < 1.29 is 9.72 Å². The van der Waals surface area contributed by atoms with E-state index in [2.05, 4.69) is 0 Å². The van der Waals surface area contributed by atoms with Gasteiger partial charge in [-0.15, -0.1) is 0 Å². The number of benzene rings is 1. The van der Waals surface area contributed by atoms with Crippen LogP contribution in [-0.4, -0.2) is 18.6 Å². The maximum absolute atomic E-state index is 11.2. The molecule has 0 N–H and O–H groups in total. The van der Waals surface area contributed by atoms with Gasteiger partial charge in [-0.2, -0.15) is 0 Å². The summed E-state index contributed by atoms with van der Waals surface area (Å²) in [4.78, 5) is 21.2. The molecule has 0 aromatic heterocycles. The average molecular weight is 177 g/mol. The van der Waals surface area contributed by atoms with Gasteiger partial charge in [-0.05, 0) is 12.4 Å². The summed E-state index contributed by atoms with van der Waals surface area (Å²) in [6, 6.07) is 5.98. The second kappa shape index (κ2) is 3.84. The molecule has 0 aliphatic heterocycles. The van der Waals surface area contributed by atoms with Crippen molar-refractivity contribution in [1.82, 2.24) is 0 Å². The number of Topliss-reactive ketones (excluding diaryl/α,β-unsaturated/α-hetero) is 1. The Labute approximate surface area is 76.1 Å². The van der Waals surface area contributed by atoms with Gasteiger partial charge in [0.25, 0.3) is 5.69 Å². The van der Waals surface area contributed by atoms with Crippen LogP contribution < -0.4 is 0 Å². The Morgan fingerprint density at radius 2 is 2.08 bits per heavy atom. The molecule has 0 unspecified atom stereocenters. The summed E-state index contributed by atoms with van der Waals surface area (Å²) < 4.78 is 0. The summed E-state index contributed by atoms with van der Waals surface area (Å²) >= 11 is 0.